The van der Waals surface area contributed by atoms with Gasteiger partial charge in [-0.1, -0.05) is 35.4 Å². The molecule has 0 saturated heterocycles. The van der Waals surface area contributed by atoms with Crippen LogP contribution in [0.5, 0.6) is 0 Å². The number of aryl methyl sites for hydroxylation is 2. The highest BCUT2D eigenvalue weighted by molar-refractivity contribution is 7.89. The molecule has 0 atom stereocenters. The molecule has 2 aromatic rings. The standard InChI is InChI=1S/C23H34N2O6S2/c1-20-6-10-22(11-7-20)32(28,29)24(16-4-18-26)14-3-15-25(17-5-19-27)33(30,31)23-12-8-21(2)9-13-23/h6-13,26-27H,3-5,14-19H2,1-2H3. The Morgan fingerprint density at radius 1 is 0.576 bits per heavy atom. The van der Waals surface area contributed by atoms with Gasteiger partial charge < -0.3 is 10.2 Å². The summed E-state index contributed by atoms with van der Waals surface area (Å²) in [6.07, 6.45) is 0.828. The van der Waals surface area contributed by atoms with Gasteiger partial charge in [0.15, 0.2) is 0 Å². The lowest BCUT2D eigenvalue weighted by Gasteiger charge is -2.25. The lowest BCUT2D eigenvalue weighted by atomic mass is 10.2. The Bertz CT molecular complexity index is 981. The van der Waals surface area contributed by atoms with Gasteiger partial charge in [-0.05, 0) is 57.4 Å². The number of hydrogen-bond acceptors (Lipinski definition) is 6. The van der Waals surface area contributed by atoms with E-state index in [1.807, 2.05) is 13.8 Å². The fourth-order valence-corrected chi connectivity index (χ4v) is 6.37. The molecule has 0 aliphatic carbocycles. The number of rotatable bonds is 14. The van der Waals surface area contributed by atoms with Crippen LogP contribution in [0.3, 0.4) is 0 Å². The molecule has 0 aromatic heterocycles. The predicted octanol–water partition coefficient (Wildman–Crippen LogP) is 2.14. The summed E-state index contributed by atoms with van der Waals surface area (Å²) in [4.78, 5) is 0.325. The maximum Gasteiger partial charge on any atom is 0.243 e. The van der Waals surface area contributed by atoms with Crippen LogP contribution in [0.15, 0.2) is 58.3 Å². The molecule has 0 radical (unpaired) electrons. The van der Waals surface area contributed by atoms with Crippen LogP contribution in [-0.2, 0) is 20.0 Å². The summed E-state index contributed by atoms with van der Waals surface area (Å²) in [7, 11) is -7.57. The molecule has 0 unspecified atom stereocenters. The first-order valence-electron chi connectivity index (χ1n) is 11.0. The van der Waals surface area contributed by atoms with Gasteiger partial charge in [0.2, 0.25) is 20.0 Å². The van der Waals surface area contributed by atoms with E-state index in [4.69, 9.17) is 0 Å². The van der Waals surface area contributed by atoms with Crippen LogP contribution in [0.1, 0.15) is 30.4 Å². The summed E-state index contributed by atoms with van der Waals surface area (Å²) in [6.45, 7) is 3.92. The highest BCUT2D eigenvalue weighted by atomic mass is 32.2. The Labute approximate surface area is 197 Å². The molecule has 8 nitrogen and oxygen atoms in total. The summed E-state index contributed by atoms with van der Waals surface area (Å²) in [5.41, 5.74) is 1.88. The fourth-order valence-electron chi connectivity index (χ4n) is 3.34. The Hall–Kier alpha value is -1.82. The van der Waals surface area contributed by atoms with Crippen molar-refractivity contribution < 1.29 is 27.0 Å². The average Bonchev–Trinajstić information content (AvgIpc) is 2.78. The molecule has 2 aromatic carbocycles. The zero-order chi connectivity index (χ0) is 24.5. The van der Waals surface area contributed by atoms with Crippen molar-refractivity contribution in [3.8, 4) is 0 Å². The topological polar surface area (TPSA) is 115 Å². The second kappa shape index (κ2) is 12.6. The summed E-state index contributed by atoms with van der Waals surface area (Å²) in [5.74, 6) is 0. The third-order valence-corrected chi connectivity index (χ3v) is 9.09. The van der Waals surface area contributed by atoms with Crippen molar-refractivity contribution in [1.82, 2.24) is 8.61 Å². The molecule has 184 valence electrons. The van der Waals surface area contributed by atoms with Gasteiger partial charge in [0.1, 0.15) is 0 Å². The average molecular weight is 499 g/mol. The summed E-state index contributed by atoms with van der Waals surface area (Å²) in [5, 5.41) is 18.4. The molecule has 2 rings (SSSR count). The van der Waals surface area contributed by atoms with Crippen LogP contribution in [0.2, 0.25) is 0 Å². The van der Waals surface area contributed by atoms with Gasteiger partial charge in [0, 0.05) is 39.4 Å². The van der Waals surface area contributed by atoms with E-state index in [0.717, 1.165) is 11.1 Å². The van der Waals surface area contributed by atoms with Gasteiger partial charge in [-0.2, -0.15) is 8.61 Å². The van der Waals surface area contributed by atoms with Crippen molar-refractivity contribution in [2.24, 2.45) is 0 Å². The molecular weight excluding hydrogens is 464 g/mol. The minimum Gasteiger partial charge on any atom is -0.396 e. The van der Waals surface area contributed by atoms with Crippen molar-refractivity contribution in [3.63, 3.8) is 0 Å². The monoisotopic (exact) mass is 498 g/mol. The van der Waals surface area contributed by atoms with E-state index in [9.17, 15) is 27.0 Å². The first-order valence-corrected chi connectivity index (χ1v) is 13.9. The highest BCUT2D eigenvalue weighted by Crippen LogP contribution is 2.20. The quantitative estimate of drug-likeness (QED) is 0.412. The van der Waals surface area contributed by atoms with E-state index in [0.29, 0.717) is 0 Å². The van der Waals surface area contributed by atoms with Gasteiger partial charge in [0.05, 0.1) is 9.79 Å². The highest BCUT2D eigenvalue weighted by Gasteiger charge is 2.27. The second-order valence-electron chi connectivity index (χ2n) is 7.94. The second-order valence-corrected chi connectivity index (χ2v) is 11.8. The molecular formula is C23H34N2O6S2. The SMILES string of the molecule is Cc1ccc(S(=O)(=O)N(CCCO)CCCN(CCCO)S(=O)(=O)c2ccc(C)cc2)cc1. The molecule has 33 heavy (non-hydrogen) atoms. The van der Waals surface area contributed by atoms with Gasteiger partial charge in [-0.15, -0.1) is 0 Å². The summed E-state index contributed by atoms with van der Waals surface area (Å²) in [6, 6.07) is 13.1. The Balaban J connectivity index is 2.18. The van der Waals surface area contributed by atoms with Crippen molar-refractivity contribution in [3.05, 3.63) is 59.7 Å². The number of hydrogen-bond donors (Lipinski definition) is 2. The molecule has 0 heterocycles. The molecule has 0 fully saturated rings. The first kappa shape index (κ1) is 27.4. The lowest BCUT2D eigenvalue weighted by molar-refractivity contribution is 0.259. The molecule has 0 spiro atoms. The molecule has 0 bridgehead atoms. The largest absolute Gasteiger partial charge is 0.396 e. The smallest absolute Gasteiger partial charge is 0.243 e. The van der Waals surface area contributed by atoms with Crippen LogP contribution < -0.4 is 0 Å². The Morgan fingerprint density at radius 3 is 1.18 bits per heavy atom. The van der Waals surface area contributed by atoms with Gasteiger partial charge in [-0.25, -0.2) is 16.8 Å². The van der Waals surface area contributed by atoms with Crippen molar-refractivity contribution in [1.29, 1.82) is 0 Å². The number of aliphatic hydroxyl groups excluding tert-OH is 2. The van der Waals surface area contributed by atoms with E-state index in [-0.39, 0.29) is 68.4 Å². The third-order valence-electron chi connectivity index (χ3n) is 5.26. The van der Waals surface area contributed by atoms with E-state index in [1.54, 1.807) is 48.5 Å². The summed E-state index contributed by atoms with van der Waals surface area (Å²) >= 11 is 0. The zero-order valence-corrected chi connectivity index (χ0v) is 20.9. The van der Waals surface area contributed by atoms with Crippen LogP contribution in [0.25, 0.3) is 0 Å². The number of nitrogens with zero attached hydrogens (tertiary/aromatic N) is 2. The first-order chi connectivity index (χ1) is 15.6. The molecule has 0 aliphatic rings. The fraction of sp³-hybridized carbons (Fsp3) is 0.478. The normalized spacial score (nSPS) is 12.5. The van der Waals surface area contributed by atoms with Crippen LogP contribution in [0, 0.1) is 13.8 Å². The molecule has 10 heteroatoms. The van der Waals surface area contributed by atoms with Gasteiger partial charge in [-0.3, -0.25) is 0 Å². The molecule has 2 N–H and O–H groups in total. The van der Waals surface area contributed by atoms with E-state index in [2.05, 4.69) is 0 Å². The molecule has 0 amide bonds. The zero-order valence-electron chi connectivity index (χ0n) is 19.2. The Morgan fingerprint density at radius 2 is 0.879 bits per heavy atom. The van der Waals surface area contributed by atoms with Gasteiger partial charge in [0.25, 0.3) is 0 Å². The van der Waals surface area contributed by atoms with E-state index in [1.165, 1.54) is 8.61 Å². The van der Waals surface area contributed by atoms with E-state index >= 15 is 0 Å². The maximum absolute atomic E-state index is 13.1. The predicted molar refractivity (Wildman–Crippen MR) is 128 cm³/mol. The minimum absolute atomic E-state index is 0.106. The maximum atomic E-state index is 13.1. The number of aliphatic hydroxyl groups is 2. The van der Waals surface area contributed by atoms with Crippen molar-refractivity contribution >= 4 is 20.0 Å². The van der Waals surface area contributed by atoms with Gasteiger partial charge >= 0.3 is 0 Å². The van der Waals surface area contributed by atoms with Crippen LogP contribution in [-0.4, -0.2) is 75.1 Å². The van der Waals surface area contributed by atoms with E-state index < -0.39 is 20.0 Å². The number of benzene rings is 2. The summed E-state index contributed by atoms with van der Waals surface area (Å²) < 4.78 is 55.1. The van der Waals surface area contributed by atoms with Crippen LogP contribution in [0.4, 0.5) is 0 Å². The Kier molecular flexibility index (Phi) is 10.5. The molecule has 0 aliphatic heterocycles. The van der Waals surface area contributed by atoms with Crippen LogP contribution >= 0.6 is 0 Å². The minimum atomic E-state index is -3.78. The number of sulfonamides is 2. The third kappa shape index (κ3) is 7.59. The van der Waals surface area contributed by atoms with Crippen molar-refractivity contribution in [2.75, 3.05) is 39.4 Å². The van der Waals surface area contributed by atoms with Crippen molar-refractivity contribution in [2.45, 2.75) is 42.9 Å². The lowest BCUT2D eigenvalue weighted by Crippen LogP contribution is -2.38. The molecule has 0 saturated carbocycles.